The number of carboxylic acids is 1. The lowest BCUT2D eigenvalue weighted by molar-refractivity contribution is -0.142. The molecule has 5 rings (SSSR count). The third-order valence-electron chi connectivity index (χ3n) is 9.92. The van der Waals surface area contributed by atoms with E-state index >= 15 is 0 Å². The number of rotatable bonds is 18. The van der Waals surface area contributed by atoms with Gasteiger partial charge >= 0.3 is 5.97 Å². The Kier molecular flexibility index (Phi) is 13.9. The fraction of sp³-hybridized carbons (Fsp3) is 0.513. The fourth-order valence-corrected chi connectivity index (χ4v) is 7.36. The molecule has 3 aliphatic rings. The SMILES string of the molecule is CCNC(COc1cc(C2CC(O)CC(CCc3ccc(O)c(OCNCC(C)O)c3)O2)cc(OC)c1O)C1C(C(=O)O)C=CC1C1=CCNC(N)=C1. The van der Waals surface area contributed by atoms with Crippen molar-refractivity contribution in [2.75, 3.05) is 40.1 Å². The number of nitrogens with one attached hydrogen (secondary N) is 3. The van der Waals surface area contributed by atoms with Crippen LogP contribution in [-0.4, -0.2) is 95.9 Å². The molecule has 10 N–H and O–H groups in total. The van der Waals surface area contributed by atoms with E-state index in [4.69, 9.17) is 24.7 Å². The number of methoxy groups -OCH3 is 1. The summed E-state index contributed by atoms with van der Waals surface area (Å²) in [6.07, 6.45) is 7.50. The highest BCUT2D eigenvalue weighted by Gasteiger charge is 2.43. The Morgan fingerprint density at radius 3 is 2.62 bits per heavy atom. The maximum atomic E-state index is 12.4. The van der Waals surface area contributed by atoms with Crippen LogP contribution in [0.5, 0.6) is 28.7 Å². The Morgan fingerprint density at radius 1 is 1.11 bits per heavy atom. The van der Waals surface area contributed by atoms with Crippen molar-refractivity contribution in [3.63, 3.8) is 0 Å². The molecule has 2 aromatic rings. The van der Waals surface area contributed by atoms with E-state index in [1.54, 1.807) is 37.3 Å². The third kappa shape index (κ3) is 10.4. The summed E-state index contributed by atoms with van der Waals surface area (Å²) in [6, 6.07) is 8.11. The van der Waals surface area contributed by atoms with Gasteiger partial charge in [-0.15, -0.1) is 0 Å². The average Bonchev–Trinajstić information content (AvgIpc) is 3.58. The zero-order chi connectivity index (χ0) is 38.1. The molecule has 14 heteroatoms. The maximum Gasteiger partial charge on any atom is 0.310 e. The molecule has 0 radical (unpaired) electrons. The Hall–Kier alpha value is -4.47. The zero-order valence-corrected chi connectivity index (χ0v) is 30.5. The van der Waals surface area contributed by atoms with Gasteiger partial charge in [-0.2, -0.15) is 0 Å². The van der Waals surface area contributed by atoms with Gasteiger partial charge < -0.3 is 60.8 Å². The first-order valence-corrected chi connectivity index (χ1v) is 18.2. The number of hydrogen-bond donors (Lipinski definition) is 9. The molecule has 1 aliphatic carbocycles. The monoisotopic (exact) mass is 738 g/mol. The van der Waals surface area contributed by atoms with E-state index < -0.39 is 42.2 Å². The van der Waals surface area contributed by atoms with Gasteiger partial charge in [-0.1, -0.05) is 31.2 Å². The zero-order valence-electron chi connectivity index (χ0n) is 30.5. The minimum Gasteiger partial charge on any atom is -0.504 e. The van der Waals surface area contributed by atoms with Gasteiger partial charge in [-0.05, 0) is 79.8 Å². The predicted molar refractivity (Wildman–Crippen MR) is 198 cm³/mol. The molecule has 2 aromatic carbocycles. The number of phenols is 2. The van der Waals surface area contributed by atoms with Gasteiger partial charge in [-0.25, -0.2) is 0 Å². The summed E-state index contributed by atoms with van der Waals surface area (Å²) in [7, 11) is 1.44. The number of aliphatic hydroxyl groups is 2. The number of nitrogens with two attached hydrogens (primary N) is 1. The molecule has 0 saturated carbocycles. The van der Waals surface area contributed by atoms with E-state index in [0.29, 0.717) is 62.5 Å². The summed E-state index contributed by atoms with van der Waals surface area (Å²) in [6.45, 7) is 5.26. The smallest absolute Gasteiger partial charge is 0.310 e. The molecule has 53 heavy (non-hydrogen) atoms. The molecule has 8 atom stereocenters. The van der Waals surface area contributed by atoms with Crippen LogP contribution in [-0.2, 0) is 16.0 Å². The highest BCUT2D eigenvalue weighted by molar-refractivity contribution is 5.74. The average molecular weight is 739 g/mol. The van der Waals surface area contributed by atoms with Crippen LogP contribution in [0.25, 0.3) is 0 Å². The largest absolute Gasteiger partial charge is 0.504 e. The number of aliphatic carboxylic acids is 1. The van der Waals surface area contributed by atoms with E-state index in [2.05, 4.69) is 16.0 Å². The molecule has 1 fully saturated rings. The predicted octanol–water partition coefficient (Wildman–Crippen LogP) is 2.82. The summed E-state index contributed by atoms with van der Waals surface area (Å²) in [5.74, 6) is -1.31. The van der Waals surface area contributed by atoms with Crippen LogP contribution in [0.15, 0.2) is 66.0 Å². The van der Waals surface area contributed by atoms with E-state index in [0.717, 1.165) is 11.1 Å². The second kappa shape index (κ2) is 18.5. The van der Waals surface area contributed by atoms with Crippen molar-refractivity contribution < 1.29 is 49.3 Å². The van der Waals surface area contributed by atoms with Crippen molar-refractivity contribution in [3.8, 4) is 28.7 Å². The molecule has 8 unspecified atom stereocenters. The van der Waals surface area contributed by atoms with Crippen molar-refractivity contribution in [3.05, 3.63) is 77.2 Å². The normalized spacial score (nSPS) is 25.2. The lowest BCUT2D eigenvalue weighted by atomic mass is 9.78. The quantitative estimate of drug-likeness (QED) is 0.0611. The van der Waals surface area contributed by atoms with Crippen LogP contribution in [0.2, 0.25) is 0 Å². The number of ether oxygens (including phenoxy) is 4. The topological polar surface area (TPSA) is 217 Å². The second-order valence-electron chi connectivity index (χ2n) is 13.9. The van der Waals surface area contributed by atoms with Gasteiger partial charge in [0.2, 0.25) is 5.75 Å². The molecular weight excluding hydrogens is 684 g/mol. The van der Waals surface area contributed by atoms with Gasteiger partial charge in [0.15, 0.2) is 23.0 Å². The van der Waals surface area contributed by atoms with E-state index in [1.807, 2.05) is 31.2 Å². The van der Waals surface area contributed by atoms with Gasteiger partial charge in [0, 0.05) is 37.4 Å². The minimum atomic E-state index is -0.933. The van der Waals surface area contributed by atoms with Gasteiger partial charge in [0.1, 0.15) is 13.3 Å². The summed E-state index contributed by atoms with van der Waals surface area (Å²) < 4.78 is 24.0. The lowest BCUT2D eigenvalue weighted by Crippen LogP contribution is -2.47. The molecule has 0 spiro atoms. The Bertz CT molecular complexity index is 1650. The summed E-state index contributed by atoms with van der Waals surface area (Å²) in [4.78, 5) is 12.4. The minimum absolute atomic E-state index is 0.0102. The molecular formula is C39H54N4O10. The van der Waals surface area contributed by atoms with Gasteiger partial charge in [0.25, 0.3) is 0 Å². The summed E-state index contributed by atoms with van der Waals surface area (Å²) in [5.41, 5.74) is 8.58. The number of hydrogen-bond acceptors (Lipinski definition) is 13. The summed E-state index contributed by atoms with van der Waals surface area (Å²) in [5, 5.41) is 61.4. The molecule has 1 saturated heterocycles. The molecule has 2 heterocycles. The van der Waals surface area contributed by atoms with Crippen molar-refractivity contribution >= 4 is 5.97 Å². The van der Waals surface area contributed by atoms with Crippen LogP contribution in [0.4, 0.5) is 0 Å². The number of aromatic hydroxyl groups is 2. The highest BCUT2D eigenvalue weighted by Crippen LogP contribution is 2.44. The van der Waals surface area contributed by atoms with E-state index in [-0.39, 0.29) is 48.4 Å². The van der Waals surface area contributed by atoms with Crippen molar-refractivity contribution in [2.24, 2.45) is 23.5 Å². The Balaban J connectivity index is 1.29. The number of benzene rings is 2. The first-order valence-electron chi connectivity index (χ1n) is 18.2. The first kappa shape index (κ1) is 39.7. The molecule has 14 nitrogen and oxygen atoms in total. The van der Waals surface area contributed by atoms with Crippen molar-refractivity contribution in [1.29, 1.82) is 0 Å². The maximum absolute atomic E-state index is 12.4. The van der Waals surface area contributed by atoms with Crippen LogP contribution in [0.1, 0.15) is 50.3 Å². The van der Waals surface area contributed by atoms with Crippen LogP contribution in [0.3, 0.4) is 0 Å². The number of dihydropyridines is 1. The van der Waals surface area contributed by atoms with Crippen molar-refractivity contribution in [2.45, 2.75) is 70.0 Å². The summed E-state index contributed by atoms with van der Waals surface area (Å²) >= 11 is 0. The number of phenolic OH excluding ortho intramolecular Hbond substituents is 2. The third-order valence-corrected chi connectivity index (χ3v) is 9.92. The number of allylic oxidation sites excluding steroid dienone is 3. The Labute approximate surface area is 310 Å². The number of aryl methyl sites for hydroxylation is 1. The lowest BCUT2D eigenvalue weighted by Gasteiger charge is -2.34. The van der Waals surface area contributed by atoms with Crippen LogP contribution in [0, 0.1) is 17.8 Å². The van der Waals surface area contributed by atoms with Crippen molar-refractivity contribution in [1.82, 2.24) is 16.0 Å². The van der Waals surface area contributed by atoms with E-state index in [1.165, 1.54) is 7.11 Å². The standard InChI is InChI=1S/C39H54N4O10/c1-4-42-30(37-28(8-9-29(37)39(48)49)24-11-12-43-36(40)16-24)20-51-35-15-25(14-34(50-3)38(35)47)32-18-26(45)17-27(53-32)7-5-23-6-10-31(46)33(13-23)52-21-41-19-22(2)44/h6,8-11,13-16,22,26-30,32,37,41-47H,4-5,7,12,17-21,40H2,1-3H3,(H,48,49). The van der Waals surface area contributed by atoms with Crippen LogP contribution >= 0.6 is 0 Å². The van der Waals surface area contributed by atoms with Crippen LogP contribution < -0.4 is 35.9 Å². The molecule has 2 aliphatic heterocycles. The second-order valence-corrected chi connectivity index (χ2v) is 13.9. The number of carbonyl (C=O) groups is 1. The first-order chi connectivity index (χ1) is 25.5. The number of carboxylic acid groups (broad SMARTS) is 1. The Morgan fingerprint density at radius 2 is 1.91 bits per heavy atom. The van der Waals surface area contributed by atoms with E-state index in [9.17, 15) is 30.3 Å². The molecule has 0 amide bonds. The van der Waals surface area contributed by atoms with Gasteiger partial charge in [0.05, 0.1) is 43.3 Å². The fourth-order valence-electron chi connectivity index (χ4n) is 7.36. The molecule has 0 bridgehead atoms. The number of aliphatic hydroxyl groups excluding tert-OH is 2. The number of likely N-dealkylation sites (N-methyl/N-ethyl adjacent to an activating group) is 1. The molecule has 0 aromatic heterocycles. The highest BCUT2D eigenvalue weighted by atomic mass is 16.5. The molecule has 290 valence electrons. The van der Waals surface area contributed by atoms with Gasteiger partial charge in [-0.3, -0.25) is 10.1 Å².